The van der Waals surface area contributed by atoms with Gasteiger partial charge in [-0.25, -0.2) is 9.37 Å². The standard InChI is InChI=1S/C16H10BrFN2O/c17-12-8-11(6-7-13(12)18)16-19-14(9-15(21)20-16)10-4-2-1-3-5-10/h1-9H,(H,19,20,21). The van der Waals surface area contributed by atoms with E-state index in [1.54, 1.807) is 12.1 Å². The van der Waals surface area contributed by atoms with Crippen molar-refractivity contribution in [2.75, 3.05) is 0 Å². The maximum Gasteiger partial charge on any atom is 0.251 e. The third-order valence-electron chi connectivity index (χ3n) is 3.00. The highest BCUT2D eigenvalue weighted by atomic mass is 79.9. The van der Waals surface area contributed by atoms with E-state index in [0.717, 1.165) is 5.56 Å². The van der Waals surface area contributed by atoms with E-state index in [2.05, 4.69) is 25.9 Å². The van der Waals surface area contributed by atoms with Gasteiger partial charge in [-0.05, 0) is 34.1 Å². The molecule has 2 aromatic carbocycles. The molecular formula is C16H10BrFN2O. The van der Waals surface area contributed by atoms with Crippen LogP contribution in [0.2, 0.25) is 0 Å². The van der Waals surface area contributed by atoms with E-state index in [1.165, 1.54) is 12.1 Å². The lowest BCUT2D eigenvalue weighted by molar-refractivity contribution is 0.621. The Hall–Kier alpha value is -2.27. The molecule has 3 nitrogen and oxygen atoms in total. The highest BCUT2D eigenvalue weighted by Crippen LogP contribution is 2.24. The Balaban J connectivity index is 2.14. The second-order valence-corrected chi connectivity index (χ2v) is 5.33. The van der Waals surface area contributed by atoms with Crippen LogP contribution >= 0.6 is 15.9 Å². The topological polar surface area (TPSA) is 45.8 Å². The summed E-state index contributed by atoms with van der Waals surface area (Å²) in [7, 11) is 0. The highest BCUT2D eigenvalue weighted by Gasteiger charge is 2.08. The summed E-state index contributed by atoms with van der Waals surface area (Å²) in [6, 6.07) is 15.4. The van der Waals surface area contributed by atoms with Gasteiger partial charge in [0.25, 0.3) is 5.56 Å². The largest absolute Gasteiger partial charge is 0.306 e. The van der Waals surface area contributed by atoms with Gasteiger partial charge in [-0.1, -0.05) is 30.3 Å². The zero-order chi connectivity index (χ0) is 14.8. The molecule has 5 heteroatoms. The Morgan fingerprint density at radius 2 is 1.76 bits per heavy atom. The number of hydrogen-bond donors (Lipinski definition) is 1. The smallest absolute Gasteiger partial charge is 0.251 e. The van der Waals surface area contributed by atoms with Crippen molar-refractivity contribution in [3.63, 3.8) is 0 Å². The molecule has 0 saturated carbocycles. The normalized spacial score (nSPS) is 10.6. The van der Waals surface area contributed by atoms with Crippen molar-refractivity contribution < 1.29 is 4.39 Å². The molecule has 3 aromatic rings. The minimum absolute atomic E-state index is 0.251. The van der Waals surface area contributed by atoms with Crippen molar-refractivity contribution in [2.45, 2.75) is 0 Å². The minimum Gasteiger partial charge on any atom is -0.306 e. The van der Waals surface area contributed by atoms with Crippen molar-refractivity contribution in [3.05, 3.63) is 75.2 Å². The average molecular weight is 345 g/mol. The fourth-order valence-corrected chi connectivity index (χ4v) is 2.37. The van der Waals surface area contributed by atoms with Gasteiger partial charge >= 0.3 is 0 Å². The first-order valence-corrected chi connectivity index (χ1v) is 7.05. The molecule has 0 spiro atoms. The zero-order valence-electron chi connectivity index (χ0n) is 10.8. The number of H-pyrrole nitrogens is 1. The van der Waals surface area contributed by atoms with Gasteiger partial charge in [-0.2, -0.15) is 0 Å². The van der Waals surface area contributed by atoms with Crippen LogP contribution in [0.5, 0.6) is 0 Å². The van der Waals surface area contributed by atoms with E-state index < -0.39 is 0 Å². The predicted molar refractivity (Wildman–Crippen MR) is 83.4 cm³/mol. The van der Waals surface area contributed by atoms with Crippen molar-refractivity contribution in [2.24, 2.45) is 0 Å². The van der Waals surface area contributed by atoms with Crippen LogP contribution in [0.4, 0.5) is 4.39 Å². The van der Waals surface area contributed by atoms with E-state index in [-0.39, 0.29) is 11.4 Å². The van der Waals surface area contributed by atoms with E-state index in [1.807, 2.05) is 30.3 Å². The van der Waals surface area contributed by atoms with Gasteiger partial charge in [0.2, 0.25) is 0 Å². The van der Waals surface area contributed by atoms with Crippen molar-refractivity contribution >= 4 is 15.9 Å². The molecule has 1 N–H and O–H groups in total. The molecule has 1 aromatic heterocycles. The number of hydrogen-bond acceptors (Lipinski definition) is 2. The molecule has 0 aliphatic heterocycles. The number of rotatable bonds is 2. The Morgan fingerprint density at radius 3 is 2.48 bits per heavy atom. The molecule has 0 aliphatic rings. The molecule has 0 aliphatic carbocycles. The number of aromatic amines is 1. The highest BCUT2D eigenvalue weighted by molar-refractivity contribution is 9.10. The second kappa shape index (κ2) is 5.61. The van der Waals surface area contributed by atoms with Crippen molar-refractivity contribution in [1.82, 2.24) is 9.97 Å². The summed E-state index contributed by atoms with van der Waals surface area (Å²) in [5.41, 5.74) is 1.82. The molecule has 104 valence electrons. The Bertz CT molecular complexity index is 846. The molecule has 0 radical (unpaired) electrons. The van der Waals surface area contributed by atoms with Gasteiger partial charge in [0.1, 0.15) is 11.6 Å². The Labute approximate surface area is 128 Å². The second-order valence-electron chi connectivity index (χ2n) is 4.47. The SMILES string of the molecule is O=c1cc(-c2ccccc2)nc(-c2ccc(F)c(Br)c2)[nH]1. The molecule has 0 bridgehead atoms. The first kappa shape index (κ1) is 13.7. The van der Waals surface area contributed by atoms with Gasteiger partial charge in [-0.3, -0.25) is 4.79 Å². The maximum absolute atomic E-state index is 13.3. The number of halogens is 2. The van der Waals surface area contributed by atoms with Crippen molar-refractivity contribution in [3.8, 4) is 22.6 Å². The van der Waals surface area contributed by atoms with Crippen LogP contribution in [0.3, 0.4) is 0 Å². The Kier molecular flexibility index (Phi) is 3.66. The number of benzene rings is 2. The van der Waals surface area contributed by atoms with Crippen LogP contribution in [-0.4, -0.2) is 9.97 Å². The summed E-state index contributed by atoms with van der Waals surface area (Å²) in [5.74, 6) is 0.0439. The van der Waals surface area contributed by atoms with Crippen LogP contribution in [0, 0.1) is 5.82 Å². The molecular weight excluding hydrogens is 335 g/mol. The number of nitrogens with one attached hydrogen (secondary N) is 1. The van der Waals surface area contributed by atoms with Gasteiger partial charge in [0.15, 0.2) is 0 Å². The molecule has 21 heavy (non-hydrogen) atoms. The molecule has 0 saturated heterocycles. The minimum atomic E-state index is -0.361. The van der Waals surface area contributed by atoms with E-state index in [4.69, 9.17) is 0 Å². The quantitative estimate of drug-likeness (QED) is 0.763. The van der Waals surface area contributed by atoms with Crippen molar-refractivity contribution in [1.29, 1.82) is 0 Å². The lowest BCUT2D eigenvalue weighted by Gasteiger charge is -2.05. The maximum atomic E-state index is 13.3. The van der Waals surface area contributed by atoms with Crippen LogP contribution in [0.1, 0.15) is 0 Å². The van der Waals surface area contributed by atoms with Gasteiger partial charge in [-0.15, -0.1) is 0 Å². The molecule has 0 amide bonds. The van der Waals surface area contributed by atoms with E-state index in [0.29, 0.717) is 21.6 Å². The van der Waals surface area contributed by atoms with Crippen LogP contribution in [-0.2, 0) is 0 Å². The van der Waals surface area contributed by atoms with Gasteiger partial charge in [0, 0.05) is 17.2 Å². The molecule has 0 fully saturated rings. The lowest BCUT2D eigenvalue weighted by atomic mass is 10.1. The third kappa shape index (κ3) is 2.92. The average Bonchev–Trinajstić information content (AvgIpc) is 2.50. The third-order valence-corrected chi connectivity index (χ3v) is 3.61. The molecule has 1 heterocycles. The summed E-state index contributed by atoms with van der Waals surface area (Å²) >= 11 is 3.13. The van der Waals surface area contributed by atoms with Crippen LogP contribution in [0.15, 0.2) is 63.9 Å². The first-order valence-electron chi connectivity index (χ1n) is 6.26. The molecule has 0 unspecified atom stereocenters. The summed E-state index contributed by atoms with van der Waals surface area (Å²) in [4.78, 5) is 18.9. The first-order chi connectivity index (χ1) is 10.1. The monoisotopic (exact) mass is 344 g/mol. The molecule has 0 atom stereocenters. The summed E-state index contributed by atoms with van der Waals surface area (Å²) in [6.45, 7) is 0. The van der Waals surface area contributed by atoms with Gasteiger partial charge < -0.3 is 4.98 Å². The van der Waals surface area contributed by atoms with Gasteiger partial charge in [0.05, 0.1) is 10.2 Å². The zero-order valence-corrected chi connectivity index (χ0v) is 12.4. The van der Waals surface area contributed by atoms with E-state index >= 15 is 0 Å². The molecule has 3 rings (SSSR count). The summed E-state index contributed by atoms with van der Waals surface area (Å²) < 4.78 is 13.6. The van der Waals surface area contributed by atoms with E-state index in [9.17, 15) is 9.18 Å². The number of aromatic nitrogens is 2. The fourth-order valence-electron chi connectivity index (χ4n) is 1.99. The predicted octanol–water partition coefficient (Wildman–Crippen LogP) is 4.01. The fraction of sp³-hybridized carbons (Fsp3) is 0. The Morgan fingerprint density at radius 1 is 1.00 bits per heavy atom. The number of nitrogens with zero attached hydrogens (tertiary/aromatic N) is 1. The van der Waals surface area contributed by atoms with Crippen LogP contribution < -0.4 is 5.56 Å². The summed E-state index contributed by atoms with van der Waals surface area (Å²) in [6.07, 6.45) is 0. The van der Waals surface area contributed by atoms with Crippen LogP contribution in [0.25, 0.3) is 22.6 Å². The lowest BCUT2D eigenvalue weighted by Crippen LogP contribution is -2.08. The summed E-state index contributed by atoms with van der Waals surface area (Å²) in [5, 5.41) is 0.